The molecule has 0 aliphatic rings. The van der Waals surface area contributed by atoms with Crippen LogP contribution in [-0.4, -0.2) is 33.3 Å². The summed E-state index contributed by atoms with van der Waals surface area (Å²) in [7, 11) is 0. The predicted molar refractivity (Wildman–Crippen MR) is 139 cm³/mol. The summed E-state index contributed by atoms with van der Waals surface area (Å²) in [6.07, 6.45) is 0.594. The number of thiazole rings is 2. The van der Waals surface area contributed by atoms with E-state index in [4.69, 9.17) is 0 Å². The highest BCUT2D eigenvalue weighted by Crippen LogP contribution is 2.26. The maximum absolute atomic E-state index is 13.1. The van der Waals surface area contributed by atoms with Crippen molar-refractivity contribution in [2.24, 2.45) is 0 Å². The highest BCUT2D eigenvalue weighted by molar-refractivity contribution is 7.99. The average molecular weight is 531 g/mol. The van der Waals surface area contributed by atoms with Crippen LogP contribution in [0.4, 0.5) is 19.0 Å². The van der Waals surface area contributed by atoms with Crippen molar-refractivity contribution >= 4 is 56.5 Å². The Hall–Kier alpha value is -3.15. The van der Waals surface area contributed by atoms with Gasteiger partial charge in [0.15, 0.2) is 10.3 Å². The molecule has 2 aromatic heterocycles. The third-order valence-corrected chi connectivity index (χ3v) is 7.23. The van der Waals surface area contributed by atoms with Crippen LogP contribution in [0.25, 0.3) is 22.5 Å². The lowest BCUT2D eigenvalue weighted by Gasteiger charge is -2.03. The molecule has 6 nitrogen and oxygen atoms in total. The van der Waals surface area contributed by atoms with Crippen LogP contribution in [0.3, 0.4) is 0 Å². The molecule has 0 spiro atoms. The zero-order valence-electron chi connectivity index (χ0n) is 18.3. The van der Waals surface area contributed by atoms with Crippen molar-refractivity contribution in [3.05, 3.63) is 70.9 Å². The monoisotopic (exact) mass is 530 g/mol. The number of thioether (sulfide) groups is 1. The number of hydrogen-bond donors (Lipinski definition) is 2. The van der Waals surface area contributed by atoms with Crippen molar-refractivity contribution in [1.82, 2.24) is 9.97 Å². The Morgan fingerprint density at radius 3 is 1.51 bits per heavy atom. The first-order valence-corrected chi connectivity index (χ1v) is 13.5. The molecule has 4 rings (SSSR count). The number of hydrogen-bond acceptors (Lipinski definition) is 7. The number of anilines is 2. The van der Waals surface area contributed by atoms with Crippen LogP contribution < -0.4 is 10.6 Å². The minimum Gasteiger partial charge on any atom is -0.302 e. The summed E-state index contributed by atoms with van der Waals surface area (Å²) >= 11 is 4.13. The molecular weight excluding hydrogens is 510 g/mol. The highest BCUT2D eigenvalue weighted by Gasteiger charge is 2.10. The van der Waals surface area contributed by atoms with Crippen LogP contribution >= 0.6 is 34.4 Å². The van der Waals surface area contributed by atoms with Crippen LogP contribution in [0.2, 0.25) is 0 Å². The Morgan fingerprint density at radius 1 is 0.714 bits per heavy atom. The van der Waals surface area contributed by atoms with Gasteiger partial charge in [-0.1, -0.05) is 0 Å². The number of carbonyl (C=O) groups excluding carboxylic acids is 2. The van der Waals surface area contributed by atoms with Gasteiger partial charge in [0.25, 0.3) is 0 Å². The third kappa shape index (κ3) is 7.41. The summed E-state index contributed by atoms with van der Waals surface area (Å²) in [6.45, 7) is 0. The van der Waals surface area contributed by atoms with Gasteiger partial charge in [-0.05, 0) is 48.5 Å². The number of nitrogens with zero attached hydrogens (tertiary/aromatic N) is 2. The number of rotatable bonds is 10. The number of halogens is 2. The van der Waals surface area contributed by atoms with Gasteiger partial charge in [0.05, 0.1) is 11.4 Å². The fraction of sp³-hybridized carbons (Fsp3) is 0.167. The van der Waals surface area contributed by atoms with Gasteiger partial charge in [-0.25, -0.2) is 18.7 Å². The fourth-order valence-electron chi connectivity index (χ4n) is 2.96. The minimum absolute atomic E-state index is 0.155. The van der Waals surface area contributed by atoms with Gasteiger partial charge in [-0.15, -0.1) is 22.7 Å². The van der Waals surface area contributed by atoms with Crippen molar-refractivity contribution in [2.45, 2.75) is 12.8 Å². The van der Waals surface area contributed by atoms with E-state index < -0.39 is 0 Å². The first-order chi connectivity index (χ1) is 17.0. The maximum Gasteiger partial charge on any atom is 0.226 e. The van der Waals surface area contributed by atoms with Crippen molar-refractivity contribution in [1.29, 1.82) is 0 Å². The molecule has 2 heterocycles. The summed E-state index contributed by atoms with van der Waals surface area (Å²) in [5.41, 5.74) is 2.91. The van der Waals surface area contributed by atoms with Crippen LogP contribution in [0, 0.1) is 11.6 Å². The number of nitrogens with one attached hydrogen (secondary N) is 2. The second-order valence-corrected chi connectivity index (χ2v) is 10.2. The smallest absolute Gasteiger partial charge is 0.226 e. The van der Waals surface area contributed by atoms with Gasteiger partial charge in [0.1, 0.15) is 11.6 Å². The first-order valence-electron chi connectivity index (χ1n) is 10.6. The molecule has 11 heteroatoms. The summed E-state index contributed by atoms with van der Waals surface area (Å²) in [6, 6.07) is 12.0. The van der Waals surface area contributed by atoms with Gasteiger partial charge in [-0.2, -0.15) is 11.8 Å². The van der Waals surface area contributed by atoms with Crippen molar-refractivity contribution < 1.29 is 18.4 Å². The van der Waals surface area contributed by atoms with Crippen molar-refractivity contribution in [3.63, 3.8) is 0 Å². The van der Waals surface area contributed by atoms with E-state index in [1.165, 1.54) is 58.7 Å². The van der Waals surface area contributed by atoms with Crippen LogP contribution in [0.15, 0.2) is 59.3 Å². The molecular formula is C24H20F2N4O2S3. The Balaban J connectivity index is 1.13. The Labute approximate surface area is 212 Å². The second-order valence-electron chi connectivity index (χ2n) is 7.30. The topological polar surface area (TPSA) is 84.0 Å². The van der Waals surface area contributed by atoms with Gasteiger partial charge in [0, 0.05) is 46.2 Å². The van der Waals surface area contributed by atoms with E-state index in [9.17, 15) is 18.4 Å². The Bertz CT molecular complexity index is 1190. The van der Waals surface area contributed by atoms with E-state index >= 15 is 0 Å². The Morgan fingerprint density at radius 2 is 1.11 bits per heavy atom. The lowest BCUT2D eigenvalue weighted by molar-refractivity contribution is -0.116. The fourth-order valence-corrected chi connectivity index (χ4v) is 5.30. The van der Waals surface area contributed by atoms with Gasteiger partial charge in [-0.3, -0.25) is 9.59 Å². The van der Waals surface area contributed by atoms with E-state index in [2.05, 4.69) is 20.6 Å². The van der Waals surface area contributed by atoms with Gasteiger partial charge >= 0.3 is 0 Å². The molecule has 0 saturated heterocycles. The average Bonchev–Trinajstić information content (AvgIpc) is 3.50. The van der Waals surface area contributed by atoms with Gasteiger partial charge in [0.2, 0.25) is 11.8 Å². The first kappa shape index (κ1) is 25.0. The number of aromatic nitrogens is 2. The molecule has 2 aromatic carbocycles. The molecule has 0 saturated carbocycles. The number of carbonyl (C=O) groups is 2. The summed E-state index contributed by atoms with van der Waals surface area (Å²) in [5, 5.41) is 10.1. The van der Waals surface area contributed by atoms with E-state index in [1.54, 1.807) is 35.0 Å². The molecule has 0 unspecified atom stereocenters. The quantitative estimate of drug-likeness (QED) is 0.235. The normalized spacial score (nSPS) is 10.8. The SMILES string of the molecule is O=C(CCSCCC(=O)Nc1nc(-c2ccc(F)cc2)cs1)Nc1nc(-c2ccc(F)cc2)cs1. The van der Waals surface area contributed by atoms with E-state index in [0.29, 0.717) is 46.0 Å². The van der Waals surface area contributed by atoms with Crippen molar-refractivity contribution in [3.8, 4) is 22.5 Å². The summed E-state index contributed by atoms with van der Waals surface area (Å²) in [5.74, 6) is 0.206. The number of amides is 2. The van der Waals surface area contributed by atoms with E-state index in [-0.39, 0.29) is 23.4 Å². The Kier molecular flexibility index (Phi) is 8.56. The molecule has 4 aromatic rings. The largest absolute Gasteiger partial charge is 0.302 e. The second kappa shape index (κ2) is 12.0. The molecule has 180 valence electrons. The predicted octanol–water partition coefficient (Wildman–Crippen LogP) is 6.30. The molecule has 0 aliphatic heterocycles. The van der Waals surface area contributed by atoms with E-state index in [1.807, 2.05) is 0 Å². The number of benzene rings is 2. The molecule has 0 atom stereocenters. The third-order valence-electron chi connectivity index (χ3n) is 4.73. The zero-order valence-corrected chi connectivity index (χ0v) is 20.7. The zero-order chi connectivity index (χ0) is 24.6. The van der Waals surface area contributed by atoms with Crippen LogP contribution in [0.1, 0.15) is 12.8 Å². The summed E-state index contributed by atoms with van der Waals surface area (Å²) < 4.78 is 26.1. The molecule has 2 amide bonds. The molecule has 2 N–H and O–H groups in total. The maximum atomic E-state index is 13.1. The summed E-state index contributed by atoms with van der Waals surface area (Å²) in [4.78, 5) is 33.1. The standard InChI is InChI=1S/C24H20F2N4O2S3/c25-17-5-1-15(2-6-17)19-13-34-23(27-19)29-21(31)9-11-33-12-10-22(32)30-24-28-20(14-35-24)16-3-7-18(26)8-4-16/h1-8,13-14H,9-12H2,(H,27,29,31)(H,28,30,32). The molecule has 0 radical (unpaired) electrons. The van der Waals surface area contributed by atoms with Crippen LogP contribution in [-0.2, 0) is 9.59 Å². The molecule has 0 fully saturated rings. The lowest BCUT2D eigenvalue weighted by Crippen LogP contribution is -2.13. The van der Waals surface area contributed by atoms with Crippen molar-refractivity contribution in [2.75, 3.05) is 22.1 Å². The molecule has 0 aliphatic carbocycles. The lowest BCUT2D eigenvalue weighted by atomic mass is 10.2. The minimum atomic E-state index is -0.313. The van der Waals surface area contributed by atoms with Crippen LogP contribution in [0.5, 0.6) is 0 Å². The molecule has 35 heavy (non-hydrogen) atoms. The highest BCUT2D eigenvalue weighted by atomic mass is 32.2. The van der Waals surface area contributed by atoms with E-state index in [0.717, 1.165) is 11.1 Å². The van der Waals surface area contributed by atoms with Gasteiger partial charge < -0.3 is 10.6 Å². The molecule has 0 bridgehead atoms.